The molecule has 4 aromatic rings. The lowest BCUT2D eigenvalue weighted by atomic mass is 9.95. The molecule has 5 rings (SSSR count). The molecule has 2 aromatic carbocycles. The van der Waals surface area contributed by atoms with Crippen LogP contribution in [0.25, 0.3) is 33.0 Å². The molecule has 0 saturated heterocycles. The number of benzene rings is 2. The number of para-hydroxylation sites is 2. The van der Waals surface area contributed by atoms with Crippen LogP contribution in [0.3, 0.4) is 0 Å². The number of carbonyl (C=O) groups is 3. The van der Waals surface area contributed by atoms with E-state index in [9.17, 15) is 19.5 Å². The zero-order chi connectivity index (χ0) is 21.0. The third-order valence-electron chi connectivity index (χ3n) is 5.37. The van der Waals surface area contributed by atoms with Crippen LogP contribution in [-0.2, 0) is 32.7 Å². The average Bonchev–Trinajstić information content (AvgIpc) is 3.33. The summed E-state index contributed by atoms with van der Waals surface area (Å²) in [4.78, 5) is 36.8. The van der Waals surface area contributed by atoms with E-state index in [1.807, 2.05) is 35.9 Å². The van der Waals surface area contributed by atoms with Crippen LogP contribution in [0.1, 0.15) is 11.1 Å². The van der Waals surface area contributed by atoms with E-state index in [1.54, 1.807) is 41.2 Å². The summed E-state index contributed by atoms with van der Waals surface area (Å²) in [7, 11) is 1.87. The van der Waals surface area contributed by atoms with Crippen LogP contribution in [-0.4, -0.2) is 32.1 Å². The van der Waals surface area contributed by atoms with E-state index in [0.717, 1.165) is 10.9 Å². The fraction of sp³-hybridized carbons (Fsp3) is 0.0870. The number of hydrogen-bond donors (Lipinski definition) is 1. The van der Waals surface area contributed by atoms with Gasteiger partial charge in [-0.2, -0.15) is 0 Å². The van der Waals surface area contributed by atoms with Gasteiger partial charge in [0.1, 0.15) is 6.54 Å². The van der Waals surface area contributed by atoms with E-state index in [2.05, 4.69) is 0 Å². The van der Waals surface area contributed by atoms with E-state index in [0.29, 0.717) is 22.0 Å². The summed E-state index contributed by atoms with van der Waals surface area (Å²) < 4.78 is 8.45. The summed E-state index contributed by atoms with van der Waals surface area (Å²) >= 11 is 0. The first kappa shape index (κ1) is 17.9. The molecule has 2 aromatic heterocycles. The number of cyclic esters (lactones) is 2. The zero-order valence-corrected chi connectivity index (χ0v) is 16.0. The van der Waals surface area contributed by atoms with Crippen LogP contribution >= 0.6 is 0 Å². The minimum Gasteiger partial charge on any atom is -0.480 e. The molecule has 3 heterocycles. The molecule has 0 unspecified atom stereocenters. The summed E-state index contributed by atoms with van der Waals surface area (Å²) in [6, 6.07) is 14.8. The highest BCUT2D eigenvalue weighted by Gasteiger charge is 2.37. The summed E-state index contributed by atoms with van der Waals surface area (Å²) in [6.45, 7) is -0.264. The number of rotatable bonds is 4. The number of hydrogen-bond acceptors (Lipinski definition) is 4. The van der Waals surface area contributed by atoms with Crippen LogP contribution in [0.15, 0.2) is 60.9 Å². The van der Waals surface area contributed by atoms with Crippen LogP contribution in [0, 0.1) is 0 Å². The van der Waals surface area contributed by atoms with Crippen molar-refractivity contribution in [3.8, 4) is 0 Å². The van der Waals surface area contributed by atoms with Gasteiger partial charge in [0, 0.05) is 52.4 Å². The van der Waals surface area contributed by atoms with E-state index in [1.165, 1.54) is 0 Å². The number of carboxylic acids is 1. The lowest BCUT2D eigenvalue weighted by Gasteiger charge is -2.01. The number of esters is 2. The summed E-state index contributed by atoms with van der Waals surface area (Å²) in [6.07, 6.45) is 3.40. The van der Waals surface area contributed by atoms with Gasteiger partial charge in [0.05, 0.1) is 11.1 Å². The molecule has 1 N–H and O–H groups in total. The van der Waals surface area contributed by atoms with E-state index in [4.69, 9.17) is 4.74 Å². The van der Waals surface area contributed by atoms with Crippen molar-refractivity contribution in [2.75, 3.05) is 0 Å². The van der Waals surface area contributed by atoms with Crippen LogP contribution < -0.4 is 0 Å². The molecule has 148 valence electrons. The van der Waals surface area contributed by atoms with Gasteiger partial charge in [-0.3, -0.25) is 4.79 Å². The van der Waals surface area contributed by atoms with Gasteiger partial charge >= 0.3 is 17.9 Å². The van der Waals surface area contributed by atoms with Crippen molar-refractivity contribution in [1.82, 2.24) is 9.13 Å². The molecule has 30 heavy (non-hydrogen) atoms. The number of aromatic nitrogens is 2. The predicted octanol–water partition coefficient (Wildman–Crippen LogP) is 3.21. The number of ether oxygens (including phenoxy) is 1. The number of aryl methyl sites for hydroxylation is 1. The molecule has 0 amide bonds. The number of aliphatic carboxylic acids is 1. The second-order valence-electron chi connectivity index (χ2n) is 7.18. The number of carbonyl (C=O) groups excluding carboxylic acids is 2. The van der Waals surface area contributed by atoms with E-state index in [-0.39, 0.29) is 17.7 Å². The van der Waals surface area contributed by atoms with Crippen molar-refractivity contribution in [2.45, 2.75) is 6.54 Å². The second kappa shape index (κ2) is 6.45. The lowest BCUT2D eigenvalue weighted by Crippen LogP contribution is -2.07. The lowest BCUT2D eigenvalue weighted by molar-refractivity contribution is -0.149. The Hall–Kier alpha value is -4.13. The molecule has 1 aliphatic heterocycles. The molecule has 0 spiro atoms. The zero-order valence-electron chi connectivity index (χ0n) is 16.0. The maximum absolute atomic E-state index is 12.8. The average molecular weight is 400 g/mol. The van der Waals surface area contributed by atoms with Gasteiger partial charge in [-0.25, -0.2) is 9.59 Å². The first-order valence-corrected chi connectivity index (χ1v) is 9.31. The van der Waals surface area contributed by atoms with E-state index >= 15 is 0 Å². The summed E-state index contributed by atoms with van der Waals surface area (Å²) in [5.74, 6) is -2.45. The molecule has 0 radical (unpaired) electrons. The molecular formula is C23H16N2O5. The molecule has 0 fully saturated rings. The first-order chi connectivity index (χ1) is 14.5. The quantitative estimate of drug-likeness (QED) is 0.420. The van der Waals surface area contributed by atoms with Crippen molar-refractivity contribution in [3.05, 3.63) is 72.1 Å². The Kier molecular flexibility index (Phi) is 3.86. The smallest absolute Gasteiger partial charge is 0.347 e. The Balaban J connectivity index is 1.84. The molecule has 7 heteroatoms. The fourth-order valence-electron chi connectivity index (χ4n) is 4.14. The van der Waals surface area contributed by atoms with Crippen molar-refractivity contribution in [1.29, 1.82) is 0 Å². The minimum absolute atomic E-state index is 0.150. The van der Waals surface area contributed by atoms with E-state index < -0.39 is 17.9 Å². The van der Waals surface area contributed by atoms with Crippen molar-refractivity contribution >= 4 is 50.9 Å². The SMILES string of the molecule is Cn1cc(C2=C(c3cn(CC(=O)O)c4ccccc34)C(=O)OC2=O)c2ccccc21. The Morgan fingerprint density at radius 2 is 1.40 bits per heavy atom. The predicted molar refractivity (Wildman–Crippen MR) is 110 cm³/mol. The Morgan fingerprint density at radius 3 is 2.03 bits per heavy atom. The van der Waals surface area contributed by atoms with Crippen molar-refractivity contribution in [3.63, 3.8) is 0 Å². The maximum Gasteiger partial charge on any atom is 0.347 e. The summed E-state index contributed by atoms with van der Waals surface area (Å²) in [5.41, 5.74) is 3.00. The van der Waals surface area contributed by atoms with Gasteiger partial charge in [-0.15, -0.1) is 0 Å². The van der Waals surface area contributed by atoms with Gasteiger partial charge in [0.15, 0.2) is 0 Å². The highest BCUT2D eigenvalue weighted by atomic mass is 16.6. The second-order valence-corrected chi connectivity index (χ2v) is 7.18. The Morgan fingerprint density at radius 1 is 0.867 bits per heavy atom. The van der Waals surface area contributed by atoms with Gasteiger partial charge < -0.3 is 19.0 Å². The van der Waals surface area contributed by atoms with Gasteiger partial charge in [0.2, 0.25) is 0 Å². The molecule has 0 atom stereocenters. The largest absolute Gasteiger partial charge is 0.480 e. The van der Waals surface area contributed by atoms with Crippen LogP contribution in [0.5, 0.6) is 0 Å². The molecule has 0 bridgehead atoms. The maximum atomic E-state index is 12.8. The van der Waals surface area contributed by atoms with Crippen LogP contribution in [0.2, 0.25) is 0 Å². The summed E-state index contributed by atoms with van der Waals surface area (Å²) in [5, 5.41) is 10.8. The standard InChI is InChI=1S/C23H16N2O5/c1-24-10-15(13-6-2-4-8-17(13)24)20-21(23(29)30-22(20)28)16-11-25(12-19(26)27)18-9-5-3-7-14(16)18/h2-11H,12H2,1H3,(H,26,27). The molecule has 0 aliphatic carbocycles. The van der Waals surface area contributed by atoms with Crippen molar-refractivity contribution in [2.24, 2.45) is 7.05 Å². The molecule has 0 saturated carbocycles. The topological polar surface area (TPSA) is 90.5 Å². The molecule has 7 nitrogen and oxygen atoms in total. The fourth-order valence-corrected chi connectivity index (χ4v) is 4.14. The van der Waals surface area contributed by atoms with Crippen molar-refractivity contribution < 1.29 is 24.2 Å². The molecule has 1 aliphatic rings. The van der Waals surface area contributed by atoms with Gasteiger partial charge in [-0.05, 0) is 12.1 Å². The third-order valence-corrected chi connectivity index (χ3v) is 5.37. The highest BCUT2D eigenvalue weighted by Crippen LogP contribution is 2.40. The monoisotopic (exact) mass is 400 g/mol. The van der Waals surface area contributed by atoms with Gasteiger partial charge in [0.25, 0.3) is 0 Å². The van der Waals surface area contributed by atoms with Gasteiger partial charge in [-0.1, -0.05) is 36.4 Å². The Labute approximate surface area is 170 Å². The first-order valence-electron chi connectivity index (χ1n) is 9.31. The Bertz CT molecular complexity index is 1420. The minimum atomic E-state index is -1.00. The normalized spacial score (nSPS) is 14.2. The van der Waals surface area contributed by atoms with Crippen LogP contribution in [0.4, 0.5) is 0 Å². The number of fused-ring (bicyclic) bond motifs is 2. The highest BCUT2D eigenvalue weighted by molar-refractivity contribution is 6.46. The number of nitrogens with zero attached hydrogens (tertiary/aromatic N) is 2. The number of carboxylic acid groups (broad SMARTS) is 1. The molecular weight excluding hydrogens is 384 g/mol. The third kappa shape index (κ3) is 2.56.